The van der Waals surface area contributed by atoms with Crippen molar-refractivity contribution in [3.8, 4) is 22.3 Å². The first-order valence-corrected chi connectivity index (χ1v) is 10.2. The number of hydrogen-bond donors (Lipinski definition) is 1. The summed E-state index contributed by atoms with van der Waals surface area (Å²) in [4.78, 5) is 2.79. The number of likely N-dealkylation sites (tertiary alicyclic amines) is 1. The highest BCUT2D eigenvalue weighted by atomic mass is 32.1. The van der Waals surface area contributed by atoms with Gasteiger partial charge in [0.05, 0.1) is 31.2 Å². The minimum Gasteiger partial charge on any atom is -0.497 e. The van der Waals surface area contributed by atoms with Gasteiger partial charge in [0.2, 0.25) is 0 Å². The van der Waals surface area contributed by atoms with Crippen LogP contribution in [-0.4, -0.2) is 30.5 Å². The smallest absolute Gasteiger partial charge is 0.292 e. The lowest BCUT2D eigenvalue weighted by atomic mass is 10.0. The topological polar surface area (TPSA) is 53.9 Å². The minimum absolute atomic E-state index is 0.304. The van der Waals surface area contributed by atoms with Crippen LogP contribution < -0.4 is 14.4 Å². The molecule has 1 saturated heterocycles. The number of methoxy groups -OCH3 is 2. The molecule has 2 aromatic heterocycles. The van der Waals surface area contributed by atoms with E-state index in [9.17, 15) is 0 Å². The molecule has 0 amide bonds. The maximum atomic E-state index is 5.71. The van der Waals surface area contributed by atoms with E-state index < -0.39 is 0 Å². The number of rotatable bonds is 6. The molecule has 3 aromatic rings. The summed E-state index contributed by atoms with van der Waals surface area (Å²) in [5, 5.41) is 6.60. The van der Waals surface area contributed by atoms with Crippen molar-refractivity contribution in [1.29, 1.82) is 0 Å². The van der Waals surface area contributed by atoms with E-state index in [2.05, 4.69) is 11.2 Å². The Balaban J connectivity index is 1.61. The fourth-order valence-corrected chi connectivity index (χ4v) is 4.51. The van der Waals surface area contributed by atoms with E-state index in [1.165, 1.54) is 4.90 Å². The summed E-state index contributed by atoms with van der Waals surface area (Å²) in [5.41, 5.74) is 1.16. The van der Waals surface area contributed by atoms with E-state index in [0.717, 1.165) is 41.3 Å². The highest BCUT2D eigenvalue weighted by Gasteiger charge is 2.33. The molecule has 3 heterocycles. The molecule has 1 unspecified atom stereocenters. The van der Waals surface area contributed by atoms with Crippen LogP contribution in [0.15, 0.2) is 40.1 Å². The van der Waals surface area contributed by atoms with Crippen molar-refractivity contribution < 1.29 is 18.8 Å². The van der Waals surface area contributed by atoms with Crippen molar-refractivity contribution in [3.05, 3.63) is 46.1 Å². The average Bonchev–Trinajstić information content (AvgIpc) is 3.43. The summed E-state index contributed by atoms with van der Waals surface area (Å²) in [5.74, 6) is 2.32. The van der Waals surface area contributed by atoms with Crippen molar-refractivity contribution >= 4 is 23.6 Å². The molecule has 1 fully saturated rings. The molecule has 142 valence electrons. The van der Waals surface area contributed by atoms with Gasteiger partial charge in [-0.05, 0) is 41.9 Å². The van der Waals surface area contributed by atoms with Crippen molar-refractivity contribution in [2.24, 2.45) is 0 Å². The molecule has 4 rings (SSSR count). The van der Waals surface area contributed by atoms with Crippen LogP contribution in [0, 0.1) is 4.84 Å². The number of ether oxygens (including phenoxy) is 2. The van der Waals surface area contributed by atoms with E-state index >= 15 is 0 Å². The molecule has 0 aliphatic carbocycles. The summed E-state index contributed by atoms with van der Waals surface area (Å²) in [7, 11) is 3.40. The van der Waals surface area contributed by atoms with E-state index in [0.29, 0.717) is 23.4 Å². The molecule has 1 N–H and O–H groups in total. The first kappa shape index (κ1) is 18.2. The van der Waals surface area contributed by atoms with Crippen LogP contribution in [0.5, 0.6) is 11.5 Å². The Morgan fingerprint density at radius 2 is 2.22 bits per heavy atom. The van der Waals surface area contributed by atoms with Gasteiger partial charge in [0.15, 0.2) is 6.67 Å². The molecule has 2 atom stereocenters. The molecule has 1 aliphatic rings. The van der Waals surface area contributed by atoms with Crippen molar-refractivity contribution in [2.45, 2.75) is 25.6 Å². The second kappa shape index (κ2) is 7.84. The van der Waals surface area contributed by atoms with E-state index in [-0.39, 0.29) is 0 Å². The van der Waals surface area contributed by atoms with Gasteiger partial charge < -0.3 is 18.8 Å². The predicted molar refractivity (Wildman–Crippen MR) is 106 cm³/mol. The molecule has 1 aliphatic heterocycles. The van der Waals surface area contributed by atoms with Crippen LogP contribution in [0.2, 0.25) is 0 Å². The Bertz CT molecular complexity index is 965. The standard InChI is InChI=1S/C19H21N3O3S2/c1-23-13-7-8-16(24-2)14(11-13)15-5-3-9-21(15)12-22-19(26)25-18(20-22)17-6-4-10-27-17/h4,6-8,10-11,15H,3,5,9,12H2,1-2H3/p+1/t15-/m1/s1. The molecule has 8 heteroatoms. The summed E-state index contributed by atoms with van der Waals surface area (Å²) >= 11 is 7.00. The lowest BCUT2D eigenvalue weighted by molar-refractivity contribution is -0.941. The summed E-state index contributed by atoms with van der Waals surface area (Å²) in [6, 6.07) is 10.3. The summed E-state index contributed by atoms with van der Waals surface area (Å²) in [6.07, 6.45) is 2.23. The van der Waals surface area contributed by atoms with Gasteiger partial charge in [-0.25, -0.2) is 0 Å². The average molecular weight is 405 g/mol. The molecule has 0 spiro atoms. The van der Waals surface area contributed by atoms with Gasteiger partial charge in [-0.2, -0.15) is 4.68 Å². The van der Waals surface area contributed by atoms with Gasteiger partial charge in [-0.15, -0.1) is 16.4 Å². The number of thiophene rings is 1. The summed E-state index contributed by atoms with van der Waals surface area (Å²) < 4.78 is 18.5. The second-order valence-electron chi connectivity index (χ2n) is 6.52. The maximum absolute atomic E-state index is 5.71. The zero-order valence-electron chi connectivity index (χ0n) is 15.3. The number of hydrogen-bond acceptors (Lipinski definition) is 6. The Morgan fingerprint density at radius 3 is 2.96 bits per heavy atom. The van der Waals surface area contributed by atoms with Crippen molar-refractivity contribution in [3.63, 3.8) is 0 Å². The van der Waals surface area contributed by atoms with Gasteiger partial charge in [0, 0.05) is 12.8 Å². The van der Waals surface area contributed by atoms with Crippen molar-refractivity contribution in [2.75, 3.05) is 20.8 Å². The highest BCUT2D eigenvalue weighted by Crippen LogP contribution is 2.32. The third kappa shape index (κ3) is 3.65. The predicted octanol–water partition coefficient (Wildman–Crippen LogP) is 3.33. The van der Waals surface area contributed by atoms with Crippen molar-refractivity contribution in [1.82, 2.24) is 9.78 Å². The van der Waals surface area contributed by atoms with Crippen LogP contribution in [0.4, 0.5) is 0 Å². The van der Waals surface area contributed by atoms with E-state index in [1.807, 2.05) is 29.6 Å². The Morgan fingerprint density at radius 1 is 1.33 bits per heavy atom. The fourth-order valence-electron chi connectivity index (χ4n) is 3.69. The van der Waals surface area contributed by atoms with Gasteiger partial charge in [-0.3, -0.25) is 0 Å². The fraction of sp³-hybridized carbons (Fsp3) is 0.368. The molecule has 1 aromatic carbocycles. The third-order valence-corrected chi connectivity index (χ3v) is 6.14. The first-order valence-electron chi connectivity index (χ1n) is 8.88. The number of aromatic nitrogens is 2. The molecule has 27 heavy (non-hydrogen) atoms. The molecular weight excluding hydrogens is 382 g/mol. The third-order valence-electron chi connectivity index (χ3n) is 4.99. The normalized spacial score (nSPS) is 19.3. The SMILES string of the molecule is COc1ccc(OC)c([C@H]2CCC[NH+]2Cn2nc(-c3cccs3)oc2=S)c1. The van der Waals surface area contributed by atoms with Crippen LogP contribution >= 0.6 is 23.6 Å². The van der Waals surface area contributed by atoms with Gasteiger partial charge in [0.1, 0.15) is 17.5 Å². The van der Waals surface area contributed by atoms with Crippen LogP contribution in [0.3, 0.4) is 0 Å². The zero-order valence-corrected chi connectivity index (χ0v) is 16.9. The number of nitrogens with one attached hydrogen (secondary N) is 1. The molecule has 0 radical (unpaired) electrons. The number of benzene rings is 1. The monoisotopic (exact) mass is 404 g/mol. The zero-order chi connectivity index (χ0) is 18.8. The molecular formula is C19H22N3O3S2+. The minimum atomic E-state index is 0.304. The van der Waals surface area contributed by atoms with Crippen LogP contribution in [-0.2, 0) is 6.67 Å². The van der Waals surface area contributed by atoms with Gasteiger partial charge >= 0.3 is 0 Å². The largest absolute Gasteiger partial charge is 0.497 e. The molecule has 0 saturated carbocycles. The second-order valence-corrected chi connectivity index (χ2v) is 7.82. The summed E-state index contributed by atoms with van der Waals surface area (Å²) in [6.45, 7) is 1.72. The quantitative estimate of drug-likeness (QED) is 0.639. The van der Waals surface area contributed by atoms with Crippen LogP contribution in [0.25, 0.3) is 10.8 Å². The molecule has 6 nitrogen and oxygen atoms in total. The van der Waals surface area contributed by atoms with E-state index in [1.54, 1.807) is 30.2 Å². The Hall–Kier alpha value is -2.16. The lowest BCUT2D eigenvalue weighted by Crippen LogP contribution is -3.09. The van der Waals surface area contributed by atoms with Gasteiger partial charge in [-0.1, -0.05) is 6.07 Å². The lowest BCUT2D eigenvalue weighted by Gasteiger charge is -2.23. The van der Waals surface area contributed by atoms with E-state index in [4.69, 9.17) is 26.1 Å². The highest BCUT2D eigenvalue weighted by molar-refractivity contribution is 7.71. The molecule has 0 bridgehead atoms. The van der Waals surface area contributed by atoms with Gasteiger partial charge in [0.25, 0.3) is 10.7 Å². The maximum Gasteiger partial charge on any atom is 0.292 e. The first-order chi connectivity index (χ1) is 13.2. The number of quaternary nitrogens is 1. The Kier molecular flexibility index (Phi) is 5.29. The Labute approximate surface area is 166 Å². The van der Waals surface area contributed by atoms with Crippen LogP contribution in [0.1, 0.15) is 24.4 Å². The number of nitrogens with zero attached hydrogens (tertiary/aromatic N) is 2.